The Bertz CT molecular complexity index is 271. The van der Waals surface area contributed by atoms with Crippen LogP contribution in [0.1, 0.15) is 38.1 Å². The van der Waals surface area contributed by atoms with Crippen molar-refractivity contribution in [2.24, 2.45) is 5.92 Å². The lowest BCUT2D eigenvalue weighted by molar-refractivity contribution is 0.0336. The van der Waals surface area contributed by atoms with E-state index in [0.717, 1.165) is 13.0 Å². The number of rotatable bonds is 7. The van der Waals surface area contributed by atoms with Crippen molar-refractivity contribution >= 4 is 11.3 Å². The second kappa shape index (κ2) is 7.05. The van der Waals surface area contributed by atoms with E-state index in [4.69, 9.17) is 4.74 Å². The molecule has 0 amide bonds. The summed E-state index contributed by atoms with van der Waals surface area (Å²) in [5, 5.41) is 5.72. The van der Waals surface area contributed by atoms with Gasteiger partial charge in [-0.15, -0.1) is 11.3 Å². The van der Waals surface area contributed by atoms with Gasteiger partial charge in [-0.2, -0.15) is 0 Å². The Morgan fingerprint density at radius 1 is 1.44 bits per heavy atom. The summed E-state index contributed by atoms with van der Waals surface area (Å²) in [5.41, 5.74) is 0. The van der Waals surface area contributed by atoms with Gasteiger partial charge >= 0.3 is 0 Å². The molecule has 16 heavy (non-hydrogen) atoms. The van der Waals surface area contributed by atoms with Gasteiger partial charge in [0.15, 0.2) is 0 Å². The molecule has 2 atom stereocenters. The second-order valence-corrected chi connectivity index (χ2v) is 5.37. The molecule has 1 aromatic heterocycles. The standard InChI is InChI=1S/C13H23NOS/c1-5-8-14-12(11-7-6-9-16-11)13(15-4)10(2)3/h6-7,9-10,12-14H,5,8H2,1-4H3. The van der Waals surface area contributed by atoms with Crippen molar-refractivity contribution < 1.29 is 4.74 Å². The Labute approximate surface area is 103 Å². The van der Waals surface area contributed by atoms with Crippen LogP contribution in [0.5, 0.6) is 0 Å². The molecule has 1 rings (SSSR count). The highest BCUT2D eigenvalue weighted by Crippen LogP contribution is 2.27. The number of hydrogen-bond acceptors (Lipinski definition) is 3. The van der Waals surface area contributed by atoms with Crippen LogP contribution in [0.4, 0.5) is 0 Å². The van der Waals surface area contributed by atoms with Gasteiger partial charge in [-0.1, -0.05) is 26.8 Å². The van der Waals surface area contributed by atoms with Crippen LogP contribution in [0.2, 0.25) is 0 Å². The molecule has 0 radical (unpaired) electrons. The van der Waals surface area contributed by atoms with E-state index in [9.17, 15) is 0 Å². The topological polar surface area (TPSA) is 21.3 Å². The number of hydrogen-bond donors (Lipinski definition) is 1. The maximum absolute atomic E-state index is 5.64. The summed E-state index contributed by atoms with van der Waals surface area (Å²) in [5.74, 6) is 0.515. The predicted octanol–water partition coefficient (Wildman–Crippen LogP) is 3.46. The van der Waals surface area contributed by atoms with Crippen molar-refractivity contribution in [3.05, 3.63) is 22.4 Å². The summed E-state index contributed by atoms with van der Waals surface area (Å²) >= 11 is 1.80. The van der Waals surface area contributed by atoms with Gasteiger partial charge in [-0.05, 0) is 30.3 Å². The van der Waals surface area contributed by atoms with E-state index in [1.807, 2.05) is 0 Å². The zero-order chi connectivity index (χ0) is 12.0. The normalized spacial score (nSPS) is 15.3. The maximum atomic E-state index is 5.64. The first-order valence-electron chi connectivity index (χ1n) is 6.00. The van der Waals surface area contributed by atoms with Gasteiger partial charge in [0.05, 0.1) is 12.1 Å². The van der Waals surface area contributed by atoms with Crippen LogP contribution in [0.3, 0.4) is 0 Å². The molecule has 1 N–H and O–H groups in total. The summed E-state index contributed by atoms with van der Waals surface area (Å²) in [6.07, 6.45) is 1.39. The summed E-state index contributed by atoms with van der Waals surface area (Å²) in [4.78, 5) is 1.37. The summed E-state index contributed by atoms with van der Waals surface area (Å²) < 4.78 is 5.64. The van der Waals surface area contributed by atoms with Crippen molar-refractivity contribution in [2.75, 3.05) is 13.7 Å². The third kappa shape index (κ3) is 3.58. The van der Waals surface area contributed by atoms with Crippen LogP contribution in [0, 0.1) is 5.92 Å². The molecule has 92 valence electrons. The fourth-order valence-electron chi connectivity index (χ4n) is 1.94. The molecule has 0 bridgehead atoms. The largest absolute Gasteiger partial charge is 0.379 e. The molecule has 0 spiro atoms. The quantitative estimate of drug-likeness (QED) is 0.789. The highest BCUT2D eigenvalue weighted by Gasteiger charge is 2.25. The van der Waals surface area contributed by atoms with E-state index < -0.39 is 0 Å². The van der Waals surface area contributed by atoms with E-state index >= 15 is 0 Å². The van der Waals surface area contributed by atoms with E-state index in [2.05, 4.69) is 43.6 Å². The Hall–Kier alpha value is -0.380. The van der Waals surface area contributed by atoms with Crippen LogP contribution >= 0.6 is 11.3 Å². The summed E-state index contributed by atoms with van der Waals surface area (Å²) in [6, 6.07) is 4.62. The molecule has 0 saturated heterocycles. The van der Waals surface area contributed by atoms with E-state index in [-0.39, 0.29) is 6.10 Å². The highest BCUT2D eigenvalue weighted by atomic mass is 32.1. The molecule has 1 heterocycles. The molecule has 0 aliphatic heterocycles. The molecule has 1 aromatic rings. The Morgan fingerprint density at radius 2 is 2.19 bits per heavy atom. The van der Waals surface area contributed by atoms with Gasteiger partial charge in [0.1, 0.15) is 0 Å². The van der Waals surface area contributed by atoms with Gasteiger partial charge in [-0.25, -0.2) is 0 Å². The lowest BCUT2D eigenvalue weighted by Gasteiger charge is -2.29. The molecule has 2 nitrogen and oxygen atoms in total. The van der Waals surface area contributed by atoms with Crippen molar-refractivity contribution in [3.63, 3.8) is 0 Å². The minimum absolute atomic E-state index is 0.241. The maximum Gasteiger partial charge on any atom is 0.0796 e. The Morgan fingerprint density at radius 3 is 2.62 bits per heavy atom. The average molecular weight is 241 g/mol. The van der Waals surface area contributed by atoms with Crippen LogP contribution in [0.25, 0.3) is 0 Å². The molecular formula is C13H23NOS. The molecule has 3 heteroatoms. The van der Waals surface area contributed by atoms with Gasteiger partial charge in [0.25, 0.3) is 0 Å². The zero-order valence-corrected chi connectivity index (χ0v) is 11.5. The van der Waals surface area contributed by atoms with Crippen molar-refractivity contribution in [1.82, 2.24) is 5.32 Å². The first kappa shape index (κ1) is 13.7. The summed E-state index contributed by atoms with van der Waals surface area (Å²) in [6.45, 7) is 7.65. The number of methoxy groups -OCH3 is 1. The van der Waals surface area contributed by atoms with Gasteiger partial charge in [0.2, 0.25) is 0 Å². The number of thiophene rings is 1. The fourth-order valence-corrected chi connectivity index (χ4v) is 2.78. The third-order valence-corrected chi connectivity index (χ3v) is 3.68. The molecular weight excluding hydrogens is 218 g/mol. The van der Waals surface area contributed by atoms with Crippen LogP contribution in [-0.4, -0.2) is 19.8 Å². The predicted molar refractivity (Wildman–Crippen MR) is 71.0 cm³/mol. The monoisotopic (exact) mass is 241 g/mol. The lowest BCUT2D eigenvalue weighted by Crippen LogP contribution is -2.36. The lowest BCUT2D eigenvalue weighted by atomic mass is 9.98. The Balaban J connectivity index is 2.77. The Kier molecular flexibility index (Phi) is 6.03. The van der Waals surface area contributed by atoms with Crippen molar-refractivity contribution in [3.8, 4) is 0 Å². The average Bonchev–Trinajstić information content (AvgIpc) is 2.76. The van der Waals surface area contributed by atoms with Gasteiger partial charge in [0, 0.05) is 12.0 Å². The van der Waals surface area contributed by atoms with Crippen LogP contribution in [-0.2, 0) is 4.74 Å². The molecule has 0 aromatic carbocycles. The molecule has 0 saturated carbocycles. The minimum Gasteiger partial charge on any atom is -0.379 e. The van der Waals surface area contributed by atoms with E-state index in [0.29, 0.717) is 12.0 Å². The summed E-state index contributed by atoms with van der Waals surface area (Å²) in [7, 11) is 1.80. The first-order chi connectivity index (χ1) is 7.70. The number of ether oxygens (including phenoxy) is 1. The molecule has 0 aliphatic rings. The van der Waals surface area contributed by atoms with Crippen LogP contribution < -0.4 is 5.32 Å². The fraction of sp³-hybridized carbons (Fsp3) is 0.692. The minimum atomic E-state index is 0.241. The molecule has 0 fully saturated rings. The van der Waals surface area contributed by atoms with Crippen LogP contribution in [0.15, 0.2) is 17.5 Å². The van der Waals surface area contributed by atoms with E-state index in [1.54, 1.807) is 18.4 Å². The van der Waals surface area contributed by atoms with Gasteiger partial charge in [-0.3, -0.25) is 0 Å². The highest BCUT2D eigenvalue weighted by molar-refractivity contribution is 7.10. The van der Waals surface area contributed by atoms with E-state index in [1.165, 1.54) is 4.88 Å². The van der Waals surface area contributed by atoms with Crippen molar-refractivity contribution in [1.29, 1.82) is 0 Å². The molecule has 0 aliphatic carbocycles. The number of nitrogens with one attached hydrogen (secondary N) is 1. The first-order valence-corrected chi connectivity index (χ1v) is 6.88. The third-order valence-electron chi connectivity index (χ3n) is 2.72. The molecule has 2 unspecified atom stereocenters. The second-order valence-electron chi connectivity index (χ2n) is 4.39. The SMILES string of the molecule is CCCNC(c1cccs1)C(OC)C(C)C. The van der Waals surface area contributed by atoms with Gasteiger partial charge < -0.3 is 10.1 Å². The smallest absolute Gasteiger partial charge is 0.0796 e. The van der Waals surface area contributed by atoms with Crippen molar-refractivity contribution in [2.45, 2.75) is 39.3 Å². The zero-order valence-electron chi connectivity index (χ0n) is 10.7.